The topological polar surface area (TPSA) is 53.0 Å². The molecule has 1 aromatic rings. The van der Waals surface area contributed by atoms with E-state index in [1.54, 1.807) is 0 Å². The van der Waals surface area contributed by atoms with Crippen LogP contribution in [0.3, 0.4) is 0 Å². The second kappa shape index (κ2) is 4.52. The zero-order valence-corrected chi connectivity index (χ0v) is 8.62. The summed E-state index contributed by atoms with van der Waals surface area (Å²) in [5.74, 6) is 0. The number of rotatable bonds is 3. The largest absolute Gasteiger partial charge is 0.397 e. The highest BCUT2D eigenvalue weighted by molar-refractivity contribution is 5.68. The minimum absolute atomic E-state index is 0.518. The average molecular weight is 189 g/mol. The molecule has 14 heavy (non-hydrogen) atoms. The molecule has 3 heteroatoms. The lowest BCUT2D eigenvalue weighted by atomic mass is 10.2. The van der Waals surface area contributed by atoms with E-state index in [2.05, 4.69) is 6.07 Å². The van der Waals surface area contributed by atoms with Gasteiger partial charge in [-0.25, -0.2) is 0 Å². The van der Waals surface area contributed by atoms with Crippen LogP contribution in [-0.2, 0) is 0 Å². The van der Waals surface area contributed by atoms with Gasteiger partial charge in [-0.15, -0.1) is 0 Å². The van der Waals surface area contributed by atoms with Gasteiger partial charge in [0.05, 0.1) is 23.9 Å². The van der Waals surface area contributed by atoms with Crippen LogP contribution in [0.2, 0.25) is 0 Å². The Kier molecular flexibility index (Phi) is 3.35. The van der Waals surface area contributed by atoms with E-state index in [4.69, 9.17) is 11.0 Å². The molecule has 1 rings (SSSR count). The van der Waals surface area contributed by atoms with Crippen LogP contribution in [0.1, 0.15) is 12.0 Å². The van der Waals surface area contributed by atoms with Crippen molar-refractivity contribution in [1.29, 1.82) is 5.26 Å². The number of nitrogens with two attached hydrogens (primary N) is 1. The molecule has 0 radical (unpaired) electrons. The van der Waals surface area contributed by atoms with Crippen LogP contribution in [0.5, 0.6) is 0 Å². The summed E-state index contributed by atoms with van der Waals surface area (Å²) in [6.45, 7) is 2.72. The Morgan fingerprint density at radius 2 is 2.21 bits per heavy atom. The van der Waals surface area contributed by atoms with Gasteiger partial charge in [0, 0.05) is 13.6 Å². The summed E-state index contributed by atoms with van der Waals surface area (Å²) < 4.78 is 0. The fourth-order valence-electron chi connectivity index (χ4n) is 1.36. The summed E-state index contributed by atoms with van der Waals surface area (Å²) in [6.07, 6.45) is 0.518. The van der Waals surface area contributed by atoms with Crippen molar-refractivity contribution in [3.05, 3.63) is 23.8 Å². The number of aryl methyl sites for hydroxylation is 1. The fraction of sp³-hybridized carbons (Fsp3) is 0.364. The Labute approximate surface area is 84.7 Å². The summed E-state index contributed by atoms with van der Waals surface area (Å²) in [5.41, 5.74) is 8.78. The van der Waals surface area contributed by atoms with Gasteiger partial charge in [-0.05, 0) is 24.6 Å². The molecule has 0 aliphatic carbocycles. The molecule has 0 atom stereocenters. The quantitative estimate of drug-likeness (QED) is 0.739. The van der Waals surface area contributed by atoms with Gasteiger partial charge in [-0.3, -0.25) is 0 Å². The molecule has 0 aliphatic heterocycles. The number of hydrogen-bond acceptors (Lipinski definition) is 3. The minimum atomic E-state index is 0.518. The molecule has 0 aliphatic rings. The van der Waals surface area contributed by atoms with E-state index >= 15 is 0 Å². The molecule has 0 saturated heterocycles. The number of benzene rings is 1. The Morgan fingerprint density at radius 1 is 1.50 bits per heavy atom. The molecule has 3 nitrogen and oxygen atoms in total. The van der Waals surface area contributed by atoms with E-state index in [-0.39, 0.29) is 0 Å². The molecule has 0 saturated carbocycles. The monoisotopic (exact) mass is 189 g/mol. The third-order valence-electron chi connectivity index (χ3n) is 2.15. The molecule has 0 unspecified atom stereocenters. The van der Waals surface area contributed by atoms with Gasteiger partial charge in [-0.2, -0.15) is 5.26 Å². The maximum Gasteiger partial charge on any atom is 0.0640 e. The van der Waals surface area contributed by atoms with Gasteiger partial charge in [0.1, 0.15) is 0 Å². The molecule has 0 aromatic heterocycles. The third-order valence-corrected chi connectivity index (χ3v) is 2.15. The van der Waals surface area contributed by atoms with Crippen molar-refractivity contribution in [3.8, 4) is 6.07 Å². The van der Waals surface area contributed by atoms with E-state index < -0.39 is 0 Å². The van der Waals surface area contributed by atoms with Crippen molar-refractivity contribution >= 4 is 11.4 Å². The van der Waals surface area contributed by atoms with Crippen LogP contribution in [-0.4, -0.2) is 13.6 Å². The lowest BCUT2D eigenvalue weighted by Gasteiger charge is -2.19. The lowest BCUT2D eigenvalue weighted by molar-refractivity contribution is 0.906. The van der Waals surface area contributed by atoms with Crippen molar-refractivity contribution in [2.45, 2.75) is 13.3 Å². The zero-order chi connectivity index (χ0) is 10.6. The van der Waals surface area contributed by atoms with Crippen molar-refractivity contribution in [1.82, 2.24) is 0 Å². The molecule has 2 N–H and O–H groups in total. The SMILES string of the molecule is Cc1ccc(N(C)CCC#N)c(N)c1. The molecule has 0 amide bonds. The van der Waals surface area contributed by atoms with Crippen LogP contribution in [0.25, 0.3) is 0 Å². The molecule has 0 fully saturated rings. The summed E-state index contributed by atoms with van der Waals surface area (Å²) in [4.78, 5) is 2.00. The maximum absolute atomic E-state index is 8.47. The molecule has 0 bridgehead atoms. The molecule has 0 spiro atoms. The highest BCUT2D eigenvalue weighted by Gasteiger charge is 2.04. The zero-order valence-electron chi connectivity index (χ0n) is 8.62. The highest BCUT2D eigenvalue weighted by atomic mass is 15.1. The number of hydrogen-bond donors (Lipinski definition) is 1. The van der Waals surface area contributed by atoms with Crippen LogP contribution >= 0.6 is 0 Å². The highest BCUT2D eigenvalue weighted by Crippen LogP contribution is 2.22. The van der Waals surface area contributed by atoms with E-state index in [0.717, 1.165) is 16.9 Å². The van der Waals surface area contributed by atoms with E-state index in [1.165, 1.54) is 0 Å². The first-order chi connectivity index (χ1) is 6.65. The van der Waals surface area contributed by atoms with Gasteiger partial charge < -0.3 is 10.6 Å². The first-order valence-corrected chi connectivity index (χ1v) is 4.59. The second-order valence-electron chi connectivity index (χ2n) is 3.39. The molecular formula is C11H15N3. The van der Waals surface area contributed by atoms with Crippen LogP contribution in [0.15, 0.2) is 18.2 Å². The van der Waals surface area contributed by atoms with Crippen LogP contribution in [0, 0.1) is 18.3 Å². The van der Waals surface area contributed by atoms with E-state index in [9.17, 15) is 0 Å². The number of nitriles is 1. The summed E-state index contributed by atoms with van der Waals surface area (Å²) in [5, 5.41) is 8.47. The molecule has 0 heterocycles. The maximum atomic E-state index is 8.47. The Hall–Kier alpha value is -1.69. The Morgan fingerprint density at radius 3 is 2.79 bits per heavy atom. The van der Waals surface area contributed by atoms with Gasteiger partial charge in [0.15, 0.2) is 0 Å². The van der Waals surface area contributed by atoms with E-state index in [0.29, 0.717) is 13.0 Å². The van der Waals surface area contributed by atoms with Gasteiger partial charge >= 0.3 is 0 Å². The summed E-state index contributed by atoms with van der Waals surface area (Å²) in [6, 6.07) is 8.07. The second-order valence-corrected chi connectivity index (χ2v) is 3.39. The number of nitrogen functional groups attached to an aromatic ring is 1. The normalized spacial score (nSPS) is 9.50. The predicted molar refractivity (Wildman–Crippen MR) is 59.1 cm³/mol. The first kappa shape index (κ1) is 10.4. The van der Waals surface area contributed by atoms with Gasteiger partial charge in [-0.1, -0.05) is 6.07 Å². The number of nitrogens with zero attached hydrogens (tertiary/aromatic N) is 2. The van der Waals surface area contributed by atoms with Crippen molar-refractivity contribution in [3.63, 3.8) is 0 Å². The standard InChI is InChI=1S/C11H15N3/c1-9-4-5-11(10(13)8-9)14(2)7-3-6-12/h4-5,8H,3,7,13H2,1-2H3. The van der Waals surface area contributed by atoms with Crippen molar-refractivity contribution in [2.24, 2.45) is 0 Å². The smallest absolute Gasteiger partial charge is 0.0640 e. The third kappa shape index (κ3) is 2.40. The molecule has 74 valence electrons. The van der Waals surface area contributed by atoms with Crippen molar-refractivity contribution in [2.75, 3.05) is 24.2 Å². The predicted octanol–water partition coefficient (Wildman–Crippen LogP) is 1.93. The first-order valence-electron chi connectivity index (χ1n) is 4.59. The Balaban J connectivity index is 2.80. The minimum Gasteiger partial charge on any atom is -0.397 e. The average Bonchev–Trinajstić information content (AvgIpc) is 2.14. The summed E-state index contributed by atoms with van der Waals surface area (Å²) in [7, 11) is 1.94. The summed E-state index contributed by atoms with van der Waals surface area (Å²) >= 11 is 0. The lowest BCUT2D eigenvalue weighted by Crippen LogP contribution is -2.19. The molecule has 1 aromatic carbocycles. The number of anilines is 2. The Bertz CT molecular complexity index is 352. The van der Waals surface area contributed by atoms with Gasteiger partial charge in [0.25, 0.3) is 0 Å². The van der Waals surface area contributed by atoms with Gasteiger partial charge in [0.2, 0.25) is 0 Å². The fourth-order valence-corrected chi connectivity index (χ4v) is 1.36. The molecular weight excluding hydrogens is 174 g/mol. The van der Waals surface area contributed by atoms with Crippen LogP contribution < -0.4 is 10.6 Å². The van der Waals surface area contributed by atoms with Crippen molar-refractivity contribution < 1.29 is 0 Å². The van der Waals surface area contributed by atoms with E-state index in [1.807, 2.05) is 37.1 Å². The van der Waals surface area contributed by atoms with Crippen LogP contribution in [0.4, 0.5) is 11.4 Å².